The van der Waals surface area contributed by atoms with Gasteiger partial charge < -0.3 is 4.74 Å². The van der Waals surface area contributed by atoms with E-state index in [-0.39, 0.29) is 5.78 Å². The fraction of sp³-hybridized carbons (Fsp3) is 0.235. The maximum atomic E-state index is 11.4. The number of rotatable bonds is 3. The van der Waals surface area contributed by atoms with Gasteiger partial charge in [-0.3, -0.25) is 4.79 Å². The lowest BCUT2D eigenvalue weighted by Gasteiger charge is -2.15. The number of aryl methyl sites for hydroxylation is 2. The van der Waals surface area contributed by atoms with Gasteiger partial charge in [-0.25, -0.2) is 0 Å². The van der Waals surface area contributed by atoms with Crippen molar-refractivity contribution in [3.05, 3.63) is 57.1 Å². The Kier molecular flexibility index (Phi) is 4.29. The average Bonchev–Trinajstić information content (AvgIpc) is 2.40. The second-order valence-corrected chi connectivity index (χ2v) is 5.81. The molecule has 0 aliphatic carbocycles. The van der Waals surface area contributed by atoms with Gasteiger partial charge in [-0.2, -0.15) is 0 Å². The van der Waals surface area contributed by atoms with Gasteiger partial charge in [0.15, 0.2) is 5.78 Å². The number of hydrogen-bond acceptors (Lipinski definition) is 2. The van der Waals surface area contributed by atoms with Crippen LogP contribution in [0.25, 0.3) is 0 Å². The molecule has 0 aliphatic heterocycles. The Morgan fingerprint density at radius 1 is 1.05 bits per heavy atom. The zero-order valence-electron chi connectivity index (χ0n) is 12.1. The quantitative estimate of drug-likeness (QED) is 0.706. The highest BCUT2D eigenvalue weighted by atomic mass is 79.9. The third kappa shape index (κ3) is 2.93. The molecule has 0 aromatic heterocycles. The van der Waals surface area contributed by atoms with Gasteiger partial charge in [0.2, 0.25) is 0 Å². The third-order valence-electron chi connectivity index (χ3n) is 3.42. The van der Waals surface area contributed by atoms with Crippen molar-refractivity contribution in [1.29, 1.82) is 0 Å². The monoisotopic (exact) mass is 332 g/mol. The summed E-state index contributed by atoms with van der Waals surface area (Å²) in [6.07, 6.45) is 0. The molecule has 2 aromatic rings. The topological polar surface area (TPSA) is 26.3 Å². The maximum absolute atomic E-state index is 11.4. The number of halogens is 1. The molecule has 0 radical (unpaired) electrons. The van der Waals surface area contributed by atoms with Crippen LogP contribution in [0.15, 0.2) is 34.8 Å². The summed E-state index contributed by atoms with van der Waals surface area (Å²) in [5, 5.41) is 0. The zero-order chi connectivity index (χ0) is 14.9. The smallest absolute Gasteiger partial charge is 0.159 e. The standard InChI is InChI=1S/C17H17BrO2/c1-10-5-6-11(2)17(12(10)3)20-16-8-7-14(13(4)19)9-15(16)18/h5-9H,1-4H3. The van der Waals surface area contributed by atoms with Gasteiger partial charge in [0, 0.05) is 5.56 Å². The minimum atomic E-state index is 0.0418. The first-order valence-corrected chi connectivity index (χ1v) is 7.24. The van der Waals surface area contributed by atoms with Crippen LogP contribution in [0.5, 0.6) is 11.5 Å². The first-order chi connectivity index (χ1) is 9.40. The summed E-state index contributed by atoms with van der Waals surface area (Å²) < 4.78 is 6.81. The van der Waals surface area contributed by atoms with E-state index in [1.54, 1.807) is 19.1 Å². The molecule has 2 rings (SSSR count). The first kappa shape index (κ1) is 14.8. The molecule has 0 saturated carbocycles. The molecule has 0 atom stereocenters. The molecule has 0 saturated heterocycles. The van der Waals surface area contributed by atoms with Gasteiger partial charge in [0.25, 0.3) is 0 Å². The van der Waals surface area contributed by atoms with Gasteiger partial charge in [0.1, 0.15) is 11.5 Å². The summed E-state index contributed by atoms with van der Waals surface area (Å²) in [5.41, 5.74) is 4.09. The van der Waals surface area contributed by atoms with Crippen molar-refractivity contribution in [2.24, 2.45) is 0 Å². The van der Waals surface area contributed by atoms with E-state index in [1.165, 1.54) is 5.56 Å². The predicted molar refractivity (Wildman–Crippen MR) is 84.9 cm³/mol. The Labute approximate surface area is 127 Å². The van der Waals surface area contributed by atoms with Crippen molar-refractivity contribution in [2.45, 2.75) is 27.7 Å². The number of benzene rings is 2. The SMILES string of the molecule is CC(=O)c1ccc(Oc2c(C)ccc(C)c2C)c(Br)c1. The lowest BCUT2D eigenvalue weighted by atomic mass is 10.1. The Balaban J connectivity index is 2.41. The van der Waals surface area contributed by atoms with Crippen LogP contribution in [0.4, 0.5) is 0 Å². The molecule has 20 heavy (non-hydrogen) atoms. The molecular weight excluding hydrogens is 316 g/mol. The van der Waals surface area contributed by atoms with E-state index >= 15 is 0 Å². The number of Topliss-reactive ketones (excluding diaryl/α,β-unsaturated/α-hetero) is 1. The van der Waals surface area contributed by atoms with Crippen molar-refractivity contribution in [1.82, 2.24) is 0 Å². The molecule has 2 aromatic carbocycles. The zero-order valence-corrected chi connectivity index (χ0v) is 13.7. The van der Waals surface area contributed by atoms with Crippen molar-refractivity contribution >= 4 is 21.7 Å². The molecule has 104 valence electrons. The number of carbonyl (C=O) groups is 1. The largest absolute Gasteiger partial charge is 0.456 e. The highest BCUT2D eigenvalue weighted by Gasteiger charge is 2.11. The van der Waals surface area contributed by atoms with Crippen LogP contribution in [0.1, 0.15) is 34.0 Å². The molecule has 0 unspecified atom stereocenters. The number of ether oxygens (including phenoxy) is 1. The van der Waals surface area contributed by atoms with E-state index in [0.29, 0.717) is 11.3 Å². The summed E-state index contributed by atoms with van der Waals surface area (Å²) >= 11 is 3.46. The molecule has 0 amide bonds. The molecule has 2 nitrogen and oxygen atoms in total. The Morgan fingerprint density at radius 2 is 1.70 bits per heavy atom. The van der Waals surface area contributed by atoms with Crippen molar-refractivity contribution in [2.75, 3.05) is 0 Å². The van der Waals surface area contributed by atoms with E-state index in [4.69, 9.17) is 4.74 Å². The van der Waals surface area contributed by atoms with Crippen LogP contribution in [0, 0.1) is 20.8 Å². The molecular formula is C17H17BrO2. The van der Waals surface area contributed by atoms with Gasteiger partial charge >= 0.3 is 0 Å². The van der Waals surface area contributed by atoms with Crippen molar-refractivity contribution < 1.29 is 9.53 Å². The van der Waals surface area contributed by atoms with E-state index in [2.05, 4.69) is 41.9 Å². The average molecular weight is 333 g/mol. The summed E-state index contributed by atoms with van der Waals surface area (Å²) in [7, 11) is 0. The first-order valence-electron chi connectivity index (χ1n) is 6.45. The summed E-state index contributed by atoms with van der Waals surface area (Å²) in [6, 6.07) is 9.53. The summed E-state index contributed by atoms with van der Waals surface area (Å²) in [4.78, 5) is 11.4. The number of carbonyl (C=O) groups excluding carboxylic acids is 1. The normalized spacial score (nSPS) is 10.4. The van der Waals surface area contributed by atoms with E-state index in [0.717, 1.165) is 21.3 Å². The van der Waals surface area contributed by atoms with Gasteiger partial charge in [0.05, 0.1) is 4.47 Å². The number of ketones is 1. The molecule has 3 heteroatoms. The molecule has 0 bridgehead atoms. The fourth-order valence-corrected chi connectivity index (χ4v) is 2.45. The molecule has 0 spiro atoms. The Bertz CT molecular complexity index is 675. The highest BCUT2D eigenvalue weighted by molar-refractivity contribution is 9.10. The lowest BCUT2D eigenvalue weighted by molar-refractivity contribution is 0.101. The van der Waals surface area contributed by atoms with Crippen LogP contribution in [0.3, 0.4) is 0 Å². The van der Waals surface area contributed by atoms with E-state index < -0.39 is 0 Å². The lowest BCUT2D eigenvalue weighted by Crippen LogP contribution is -1.96. The van der Waals surface area contributed by atoms with Crippen LogP contribution in [-0.2, 0) is 0 Å². The second kappa shape index (κ2) is 5.80. The Hall–Kier alpha value is -1.61. The van der Waals surface area contributed by atoms with Crippen molar-refractivity contribution in [3.8, 4) is 11.5 Å². The van der Waals surface area contributed by atoms with Crippen LogP contribution >= 0.6 is 15.9 Å². The van der Waals surface area contributed by atoms with Crippen LogP contribution < -0.4 is 4.74 Å². The molecule has 0 heterocycles. The van der Waals surface area contributed by atoms with Gasteiger partial charge in [-0.15, -0.1) is 0 Å². The minimum absolute atomic E-state index is 0.0418. The predicted octanol–water partition coefficient (Wildman–Crippen LogP) is 5.37. The van der Waals surface area contributed by atoms with Crippen LogP contribution in [0.2, 0.25) is 0 Å². The van der Waals surface area contributed by atoms with Gasteiger partial charge in [-0.1, -0.05) is 12.1 Å². The second-order valence-electron chi connectivity index (χ2n) is 4.96. The number of hydrogen-bond donors (Lipinski definition) is 0. The van der Waals surface area contributed by atoms with Gasteiger partial charge in [-0.05, 0) is 78.5 Å². The van der Waals surface area contributed by atoms with Crippen LogP contribution in [-0.4, -0.2) is 5.78 Å². The fourth-order valence-electron chi connectivity index (χ4n) is 2.00. The molecule has 0 fully saturated rings. The Morgan fingerprint density at radius 3 is 2.30 bits per heavy atom. The van der Waals surface area contributed by atoms with E-state index in [9.17, 15) is 4.79 Å². The van der Waals surface area contributed by atoms with E-state index in [1.807, 2.05) is 13.0 Å². The summed E-state index contributed by atoms with van der Waals surface area (Å²) in [6.45, 7) is 7.70. The highest BCUT2D eigenvalue weighted by Crippen LogP contribution is 2.35. The van der Waals surface area contributed by atoms with Crippen molar-refractivity contribution in [3.63, 3.8) is 0 Å². The molecule has 0 N–H and O–H groups in total. The third-order valence-corrected chi connectivity index (χ3v) is 4.04. The molecule has 0 aliphatic rings. The maximum Gasteiger partial charge on any atom is 0.159 e. The summed E-state index contributed by atoms with van der Waals surface area (Å²) in [5.74, 6) is 1.63. The minimum Gasteiger partial charge on any atom is -0.456 e.